The summed E-state index contributed by atoms with van der Waals surface area (Å²) >= 11 is 3.58. The van der Waals surface area contributed by atoms with Crippen LogP contribution in [-0.2, 0) is 0 Å². The van der Waals surface area contributed by atoms with Crippen molar-refractivity contribution in [2.45, 2.75) is 45.3 Å². The van der Waals surface area contributed by atoms with Gasteiger partial charge in [-0.1, -0.05) is 0 Å². The van der Waals surface area contributed by atoms with E-state index < -0.39 is 0 Å². The first-order valence-corrected chi connectivity index (χ1v) is 6.94. The number of aromatic nitrogens is 1. The van der Waals surface area contributed by atoms with Gasteiger partial charge >= 0.3 is 0 Å². The molecule has 1 N–H and O–H groups in total. The van der Waals surface area contributed by atoms with Crippen molar-refractivity contribution in [2.24, 2.45) is 0 Å². The third-order valence-corrected chi connectivity index (χ3v) is 3.80. The Morgan fingerprint density at radius 1 is 1.65 bits per heavy atom. The fourth-order valence-electron chi connectivity index (χ4n) is 2.49. The van der Waals surface area contributed by atoms with Crippen LogP contribution < -0.4 is 4.90 Å². The van der Waals surface area contributed by atoms with E-state index in [1.54, 1.807) is 0 Å². The van der Waals surface area contributed by atoms with Gasteiger partial charge in [0.05, 0.1) is 10.6 Å². The van der Waals surface area contributed by atoms with Crippen LogP contribution in [0.2, 0.25) is 0 Å². The average Bonchev–Trinajstić information content (AvgIpc) is 2.65. The normalized spacial score (nSPS) is 21.9. The Kier molecular flexibility index (Phi) is 4.05. The monoisotopic (exact) mass is 298 g/mol. The second-order valence-electron chi connectivity index (χ2n) is 4.89. The maximum absolute atomic E-state index is 9.53. The minimum atomic E-state index is -0.246. The number of halogens is 1. The number of hydrogen-bond acceptors (Lipinski definition) is 3. The smallest absolute Gasteiger partial charge is 0.143 e. The molecule has 0 aliphatic carbocycles. The molecule has 0 radical (unpaired) electrons. The Morgan fingerprint density at radius 3 is 3.06 bits per heavy atom. The van der Waals surface area contributed by atoms with E-state index in [-0.39, 0.29) is 6.10 Å². The van der Waals surface area contributed by atoms with Gasteiger partial charge in [0, 0.05) is 18.8 Å². The van der Waals surface area contributed by atoms with Gasteiger partial charge in [-0.05, 0) is 60.7 Å². The molecular weight excluding hydrogens is 280 g/mol. The third-order valence-electron chi connectivity index (χ3n) is 3.22. The van der Waals surface area contributed by atoms with Crippen molar-refractivity contribution in [3.8, 4) is 0 Å². The molecule has 3 nitrogen and oxygen atoms in total. The minimum absolute atomic E-state index is 0.246. The Hall–Kier alpha value is -0.610. The molecule has 2 rings (SSSR count). The van der Waals surface area contributed by atoms with Crippen molar-refractivity contribution in [3.63, 3.8) is 0 Å². The van der Waals surface area contributed by atoms with Crippen LogP contribution in [0.15, 0.2) is 16.7 Å². The highest BCUT2D eigenvalue weighted by Gasteiger charge is 2.27. The standard InChI is InChI=1S/C13H19BrN2O/c1-9-6-12(14)13(15-8-9)16-5-3-4-11(16)7-10(2)17/h6,8,10-11,17H,3-5,7H2,1-2H3/t10-,11+/m1/s1. The summed E-state index contributed by atoms with van der Waals surface area (Å²) in [6, 6.07) is 2.52. The molecule has 17 heavy (non-hydrogen) atoms. The Morgan fingerprint density at radius 2 is 2.41 bits per heavy atom. The largest absolute Gasteiger partial charge is 0.393 e. The second kappa shape index (κ2) is 5.36. The second-order valence-corrected chi connectivity index (χ2v) is 5.75. The average molecular weight is 299 g/mol. The summed E-state index contributed by atoms with van der Waals surface area (Å²) < 4.78 is 1.05. The van der Waals surface area contributed by atoms with Crippen molar-refractivity contribution >= 4 is 21.7 Å². The fraction of sp³-hybridized carbons (Fsp3) is 0.615. The lowest BCUT2D eigenvalue weighted by Gasteiger charge is -2.27. The van der Waals surface area contributed by atoms with Gasteiger partial charge < -0.3 is 10.0 Å². The molecule has 0 bridgehead atoms. The highest BCUT2D eigenvalue weighted by Crippen LogP contribution is 2.32. The quantitative estimate of drug-likeness (QED) is 0.932. The molecule has 0 saturated carbocycles. The van der Waals surface area contributed by atoms with E-state index in [2.05, 4.69) is 31.9 Å². The zero-order valence-electron chi connectivity index (χ0n) is 10.4. The Balaban J connectivity index is 2.20. The van der Waals surface area contributed by atoms with E-state index in [0.29, 0.717) is 6.04 Å². The molecule has 1 aliphatic rings. The van der Waals surface area contributed by atoms with Crippen molar-refractivity contribution < 1.29 is 5.11 Å². The summed E-state index contributed by atoms with van der Waals surface area (Å²) in [7, 11) is 0. The van der Waals surface area contributed by atoms with E-state index in [1.165, 1.54) is 6.42 Å². The predicted molar refractivity (Wildman–Crippen MR) is 73.3 cm³/mol. The number of hydrogen-bond donors (Lipinski definition) is 1. The van der Waals surface area contributed by atoms with Crippen LogP contribution in [0.4, 0.5) is 5.82 Å². The third kappa shape index (κ3) is 2.99. The van der Waals surface area contributed by atoms with Crippen LogP contribution in [0.3, 0.4) is 0 Å². The summed E-state index contributed by atoms with van der Waals surface area (Å²) in [6.07, 6.45) is 4.80. The first-order chi connectivity index (χ1) is 8.08. The molecule has 0 spiro atoms. The number of aliphatic hydroxyl groups is 1. The number of anilines is 1. The zero-order chi connectivity index (χ0) is 12.4. The molecule has 0 aromatic carbocycles. The van der Waals surface area contributed by atoms with Gasteiger partial charge in [0.25, 0.3) is 0 Å². The summed E-state index contributed by atoms with van der Waals surface area (Å²) in [5.74, 6) is 1.01. The number of aliphatic hydroxyl groups excluding tert-OH is 1. The van der Waals surface area contributed by atoms with E-state index in [9.17, 15) is 5.11 Å². The van der Waals surface area contributed by atoms with Gasteiger partial charge in [-0.2, -0.15) is 0 Å². The van der Waals surface area contributed by atoms with E-state index in [4.69, 9.17) is 0 Å². The topological polar surface area (TPSA) is 36.4 Å². The summed E-state index contributed by atoms with van der Waals surface area (Å²) in [5, 5.41) is 9.53. The molecule has 1 fully saturated rings. The first-order valence-electron chi connectivity index (χ1n) is 6.15. The number of pyridine rings is 1. The van der Waals surface area contributed by atoms with Gasteiger partial charge in [-0.3, -0.25) is 0 Å². The lowest BCUT2D eigenvalue weighted by atomic mass is 10.1. The molecule has 1 aromatic rings. The molecule has 1 saturated heterocycles. The lowest BCUT2D eigenvalue weighted by molar-refractivity contribution is 0.175. The van der Waals surface area contributed by atoms with Crippen LogP contribution in [0.25, 0.3) is 0 Å². The van der Waals surface area contributed by atoms with Crippen molar-refractivity contribution in [1.82, 2.24) is 4.98 Å². The molecule has 4 heteroatoms. The Bertz CT molecular complexity index is 395. The van der Waals surface area contributed by atoms with Crippen LogP contribution in [-0.4, -0.2) is 28.8 Å². The number of aryl methyl sites for hydroxylation is 1. The van der Waals surface area contributed by atoms with Crippen LogP contribution >= 0.6 is 15.9 Å². The fourth-order valence-corrected chi connectivity index (χ4v) is 3.18. The lowest BCUT2D eigenvalue weighted by Crippen LogP contribution is -2.32. The number of nitrogens with zero attached hydrogens (tertiary/aromatic N) is 2. The maximum atomic E-state index is 9.53. The first kappa shape index (κ1) is 12.8. The van der Waals surface area contributed by atoms with Gasteiger partial charge in [0.2, 0.25) is 0 Å². The molecule has 1 aromatic heterocycles. The maximum Gasteiger partial charge on any atom is 0.143 e. The van der Waals surface area contributed by atoms with Crippen molar-refractivity contribution in [3.05, 3.63) is 22.3 Å². The molecule has 2 atom stereocenters. The summed E-state index contributed by atoms with van der Waals surface area (Å²) in [4.78, 5) is 6.83. The number of rotatable bonds is 3. The molecule has 0 amide bonds. The molecule has 2 heterocycles. The highest BCUT2D eigenvalue weighted by atomic mass is 79.9. The Labute approximate surface area is 111 Å². The van der Waals surface area contributed by atoms with Crippen molar-refractivity contribution in [1.29, 1.82) is 0 Å². The minimum Gasteiger partial charge on any atom is -0.393 e. The highest BCUT2D eigenvalue weighted by molar-refractivity contribution is 9.10. The van der Waals surface area contributed by atoms with Gasteiger partial charge in [-0.15, -0.1) is 0 Å². The summed E-state index contributed by atoms with van der Waals surface area (Å²) in [6.45, 7) is 4.93. The van der Waals surface area contributed by atoms with Crippen LogP contribution in [0, 0.1) is 6.92 Å². The van der Waals surface area contributed by atoms with Gasteiger partial charge in [-0.25, -0.2) is 4.98 Å². The van der Waals surface area contributed by atoms with E-state index >= 15 is 0 Å². The van der Waals surface area contributed by atoms with E-state index in [1.807, 2.05) is 20.0 Å². The predicted octanol–water partition coefficient (Wildman–Crippen LogP) is 2.89. The molecular formula is C13H19BrN2O. The van der Waals surface area contributed by atoms with Crippen LogP contribution in [0.5, 0.6) is 0 Å². The van der Waals surface area contributed by atoms with Gasteiger partial charge in [0.1, 0.15) is 5.82 Å². The zero-order valence-corrected chi connectivity index (χ0v) is 11.9. The summed E-state index contributed by atoms with van der Waals surface area (Å²) in [5.41, 5.74) is 1.16. The van der Waals surface area contributed by atoms with Crippen molar-refractivity contribution in [2.75, 3.05) is 11.4 Å². The van der Waals surface area contributed by atoms with Gasteiger partial charge in [0.15, 0.2) is 0 Å². The van der Waals surface area contributed by atoms with Crippen LogP contribution in [0.1, 0.15) is 31.7 Å². The molecule has 94 valence electrons. The molecule has 0 unspecified atom stereocenters. The van der Waals surface area contributed by atoms with E-state index in [0.717, 1.165) is 35.2 Å². The SMILES string of the molecule is Cc1cnc(N2CCC[C@H]2C[C@@H](C)O)c(Br)c1. The molecule has 1 aliphatic heterocycles.